The summed E-state index contributed by atoms with van der Waals surface area (Å²) in [6.45, 7) is 0.412. The third kappa shape index (κ3) is 3.44. The molecule has 1 fully saturated rings. The average molecular weight is 237 g/mol. The maximum absolute atomic E-state index is 11.6. The van der Waals surface area contributed by atoms with E-state index in [1.165, 1.54) is 19.3 Å². The first-order chi connectivity index (χ1) is 8.25. The molecule has 1 aromatic heterocycles. The first-order valence-corrected chi connectivity index (χ1v) is 6.13. The van der Waals surface area contributed by atoms with Crippen molar-refractivity contribution in [2.75, 3.05) is 0 Å². The van der Waals surface area contributed by atoms with Crippen molar-refractivity contribution in [2.24, 2.45) is 7.05 Å². The minimum atomic E-state index is -0.111. The Hall–Kier alpha value is -1.59. The number of urea groups is 1. The van der Waals surface area contributed by atoms with Crippen molar-refractivity contribution in [2.45, 2.75) is 44.7 Å². The molecule has 0 bridgehead atoms. The van der Waals surface area contributed by atoms with E-state index >= 15 is 0 Å². The fraction of sp³-hybridized carbons (Fsp3) is 0.727. The summed E-state index contributed by atoms with van der Waals surface area (Å²) >= 11 is 0. The van der Waals surface area contributed by atoms with E-state index in [2.05, 4.69) is 20.8 Å². The molecule has 1 aliphatic carbocycles. The summed E-state index contributed by atoms with van der Waals surface area (Å²) in [6, 6.07) is 0.225. The van der Waals surface area contributed by atoms with E-state index in [1.807, 2.05) is 7.05 Å². The fourth-order valence-corrected chi connectivity index (χ4v) is 2.11. The number of aryl methyl sites for hydroxylation is 1. The minimum absolute atomic E-state index is 0.111. The molecule has 1 aromatic rings. The second-order valence-electron chi connectivity index (χ2n) is 4.52. The summed E-state index contributed by atoms with van der Waals surface area (Å²) in [6.07, 6.45) is 7.53. The molecular weight excluding hydrogens is 218 g/mol. The standard InChI is InChI=1S/C11H19N5O/c1-16-8-13-15-10(16)7-12-11(17)14-9-5-3-2-4-6-9/h8-9H,2-7H2,1H3,(H2,12,14,17). The van der Waals surface area contributed by atoms with Crippen molar-refractivity contribution >= 4 is 6.03 Å². The highest BCUT2D eigenvalue weighted by Gasteiger charge is 2.15. The Morgan fingerprint density at radius 1 is 1.47 bits per heavy atom. The van der Waals surface area contributed by atoms with Gasteiger partial charge >= 0.3 is 6.03 Å². The molecule has 0 aromatic carbocycles. The molecule has 0 spiro atoms. The Bertz CT molecular complexity index is 370. The predicted molar refractivity (Wildman–Crippen MR) is 63.2 cm³/mol. The highest BCUT2D eigenvalue weighted by atomic mass is 16.2. The highest BCUT2D eigenvalue weighted by molar-refractivity contribution is 5.74. The molecule has 17 heavy (non-hydrogen) atoms. The van der Waals surface area contributed by atoms with Gasteiger partial charge in [-0.3, -0.25) is 0 Å². The van der Waals surface area contributed by atoms with Crippen LogP contribution in [0.2, 0.25) is 0 Å². The van der Waals surface area contributed by atoms with Crippen LogP contribution in [0.25, 0.3) is 0 Å². The number of hydrogen-bond acceptors (Lipinski definition) is 3. The van der Waals surface area contributed by atoms with Gasteiger partial charge in [-0.2, -0.15) is 0 Å². The van der Waals surface area contributed by atoms with Gasteiger partial charge in [0.25, 0.3) is 0 Å². The SMILES string of the molecule is Cn1cnnc1CNC(=O)NC1CCCCC1. The lowest BCUT2D eigenvalue weighted by Gasteiger charge is -2.22. The molecule has 0 aliphatic heterocycles. The summed E-state index contributed by atoms with van der Waals surface area (Å²) in [7, 11) is 1.86. The second-order valence-corrected chi connectivity index (χ2v) is 4.52. The molecule has 0 saturated heterocycles. The van der Waals surface area contributed by atoms with Crippen LogP contribution >= 0.6 is 0 Å². The topological polar surface area (TPSA) is 71.8 Å². The van der Waals surface area contributed by atoms with Gasteiger partial charge in [-0.1, -0.05) is 19.3 Å². The zero-order valence-electron chi connectivity index (χ0n) is 10.1. The van der Waals surface area contributed by atoms with Crippen LogP contribution in [0.15, 0.2) is 6.33 Å². The van der Waals surface area contributed by atoms with Crippen molar-refractivity contribution in [3.05, 3.63) is 12.2 Å². The van der Waals surface area contributed by atoms with Crippen molar-refractivity contribution in [1.29, 1.82) is 0 Å². The van der Waals surface area contributed by atoms with Crippen molar-refractivity contribution in [3.8, 4) is 0 Å². The second kappa shape index (κ2) is 5.65. The Balaban J connectivity index is 1.72. The van der Waals surface area contributed by atoms with Crippen LogP contribution in [0.4, 0.5) is 4.79 Å². The number of rotatable bonds is 3. The van der Waals surface area contributed by atoms with Gasteiger partial charge in [0.2, 0.25) is 0 Å². The zero-order valence-corrected chi connectivity index (χ0v) is 10.1. The third-order valence-corrected chi connectivity index (χ3v) is 3.15. The quantitative estimate of drug-likeness (QED) is 0.822. The summed E-state index contributed by atoms with van der Waals surface area (Å²) in [5, 5.41) is 13.5. The van der Waals surface area contributed by atoms with E-state index < -0.39 is 0 Å². The van der Waals surface area contributed by atoms with Crippen LogP contribution in [0, 0.1) is 0 Å². The Labute approximate surface area is 101 Å². The highest BCUT2D eigenvalue weighted by Crippen LogP contribution is 2.17. The zero-order chi connectivity index (χ0) is 12.1. The number of amides is 2. The summed E-state index contributed by atoms with van der Waals surface area (Å²) in [5.41, 5.74) is 0. The molecule has 94 valence electrons. The molecule has 2 amide bonds. The van der Waals surface area contributed by atoms with Gasteiger partial charge in [0.05, 0.1) is 6.54 Å². The number of hydrogen-bond donors (Lipinski definition) is 2. The molecule has 1 aliphatic rings. The third-order valence-electron chi connectivity index (χ3n) is 3.15. The lowest BCUT2D eigenvalue weighted by molar-refractivity contribution is 0.232. The fourth-order valence-electron chi connectivity index (χ4n) is 2.11. The van der Waals surface area contributed by atoms with Gasteiger partial charge in [0, 0.05) is 13.1 Å². The van der Waals surface area contributed by atoms with Gasteiger partial charge in [-0.05, 0) is 12.8 Å². The van der Waals surface area contributed by atoms with Crippen LogP contribution in [-0.4, -0.2) is 26.8 Å². The number of nitrogens with zero attached hydrogens (tertiary/aromatic N) is 3. The molecule has 2 rings (SSSR count). The maximum Gasteiger partial charge on any atom is 0.315 e. The van der Waals surface area contributed by atoms with Crippen LogP contribution < -0.4 is 10.6 Å². The van der Waals surface area contributed by atoms with Gasteiger partial charge in [-0.15, -0.1) is 10.2 Å². The van der Waals surface area contributed by atoms with Gasteiger partial charge in [-0.25, -0.2) is 4.79 Å². The van der Waals surface area contributed by atoms with Crippen LogP contribution in [0.5, 0.6) is 0 Å². The first-order valence-electron chi connectivity index (χ1n) is 6.13. The van der Waals surface area contributed by atoms with E-state index in [1.54, 1.807) is 10.9 Å². The van der Waals surface area contributed by atoms with E-state index in [4.69, 9.17) is 0 Å². The van der Waals surface area contributed by atoms with Gasteiger partial charge in [0.1, 0.15) is 6.33 Å². The van der Waals surface area contributed by atoms with Crippen LogP contribution in [0.3, 0.4) is 0 Å². The summed E-state index contributed by atoms with van der Waals surface area (Å²) in [4.78, 5) is 11.6. The Morgan fingerprint density at radius 2 is 2.24 bits per heavy atom. The molecule has 2 N–H and O–H groups in total. The van der Waals surface area contributed by atoms with Gasteiger partial charge < -0.3 is 15.2 Å². The molecule has 6 nitrogen and oxygen atoms in total. The van der Waals surface area contributed by atoms with Crippen molar-refractivity contribution < 1.29 is 4.79 Å². The smallest absolute Gasteiger partial charge is 0.315 e. The maximum atomic E-state index is 11.6. The first kappa shape index (κ1) is 11.9. The Kier molecular flexibility index (Phi) is 3.95. The van der Waals surface area contributed by atoms with E-state index in [-0.39, 0.29) is 6.03 Å². The molecule has 0 atom stereocenters. The lowest BCUT2D eigenvalue weighted by Crippen LogP contribution is -2.42. The average Bonchev–Trinajstić information content (AvgIpc) is 2.74. The van der Waals surface area contributed by atoms with Gasteiger partial charge in [0.15, 0.2) is 5.82 Å². The van der Waals surface area contributed by atoms with Crippen molar-refractivity contribution in [1.82, 2.24) is 25.4 Å². The summed E-state index contributed by atoms with van der Waals surface area (Å²) < 4.78 is 1.79. The Morgan fingerprint density at radius 3 is 2.88 bits per heavy atom. The normalized spacial score (nSPS) is 16.8. The predicted octanol–water partition coefficient (Wildman–Crippen LogP) is 0.947. The molecule has 6 heteroatoms. The monoisotopic (exact) mass is 237 g/mol. The minimum Gasteiger partial charge on any atom is -0.335 e. The van der Waals surface area contributed by atoms with Crippen LogP contribution in [0.1, 0.15) is 37.9 Å². The van der Waals surface area contributed by atoms with Crippen molar-refractivity contribution in [3.63, 3.8) is 0 Å². The largest absolute Gasteiger partial charge is 0.335 e. The van der Waals surface area contributed by atoms with E-state index in [9.17, 15) is 4.79 Å². The van der Waals surface area contributed by atoms with E-state index in [0.717, 1.165) is 18.7 Å². The number of nitrogens with one attached hydrogen (secondary N) is 2. The van der Waals surface area contributed by atoms with E-state index in [0.29, 0.717) is 12.6 Å². The summed E-state index contributed by atoms with van der Waals surface area (Å²) in [5.74, 6) is 0.754. The molecule has 0 unspecified atom stereocenters. The molecule has 1 heterocycles. The molecule has 1 saturated carbocycles. The number of carbonyl (C=O) groups excluding carboxylic acids is 1. The number of carbonyl (C=O) groups is 1. The number of aromatic nitrogens is 3. The lowest BCUT2D eigenvalue weighted by atomic mass is 9.96. The molecular formula is C11H19N5O. The van der Waals surface area contributed by atoms with Crippen LogP contribution in [-0.2, 0) is 13.6 Å². The molecule has 0 radical (unpaired) electrons.